The summed E-state index contributed by atoms with van der Waals surface area (Å²) in [6.45, 7) is 3.56. The second-order valence-corrected chi connectivity index (χ2v) is 4.45. The molecule has 2 rings (SSSR count). The highest BCUT2D eigenvalue weighted by Gasteiger charge is 2.38. The molecule has 0 aliphatic rings. The van der Waals surface area contributed by atoms with E-state index in [0.29, 0.717) is 12.2 Å². The van der Waals surface area contributed by atoms with Gasteiger partial charge in [-0.3, -0.25) is 0 Å². The number of rotatable bonds is 5. The van der Waals surface area contributed by atoms with Crippen molar-refractivity contribution in [2.75, 3.05) is 7.11 Å². The largest absolute Gasteiger partial charge is 0.497 e. The van der Waals surface area contributed by atoms with Gasteiger partial charge in [0, 0.05) is 6.54 Å². The van der Waals surface area contributed by atoms with Gasteiger partial charge in [-0.25, -0.2) is 4.68 Å². The first-order valence-corrected chi connectivity index (χ1v) is 6.37. The number of hydrogen-bond donors (Lipinski definition) is 0. The van der Waals surface area contributed by atoms with Crippen LogP contribution in [0.5, 0.6) is 5.75 Å². The first kappa shape index (κ1) is 15.3. The third kappa shape index (κ3) is 3.53. The maximum absolute atomic E-state index is 13.0. The van der Waals surface area contributed by atoms with Gasteiger partial charge in [0.25, 0.3) is 0 Å². The molecule has 1 aromatic carbocycles. The zero-order valence-electron chi connectivity index (χ0n) is 11.5. The number of ether oxygens (including phenoxy) is 1. The summed E-state index contributed by atoms with van der Waals surface area (Å²) in [4.78, 5) is 0. The van der Waals surface area contributed by atoms with Gasteiger partial charge in [-0.1, -0.05) is 17.3 Å². The molecule has 0 fully saturated rings. The fourth-order valence-corrected chi connectivity index (χ4v) is 2.01. The summed E-state index contributed by atoms with van der Waals surface area (Å²) < 4.78 is 44.9. The topological polar surface area (TPSA) is 39.9 Å². The molecule has 1 aromatic heterocycles. The average Bonchev–Trinajstić information content (AvgIpc) is 2.89. The van der Waals surface area contributed by atoms with E-state index in [9.17, 15) is 13.2 Å². The van der Waals surface area contributed by atoms with E-state index in [1.807, 2.05) is 12.1 Å². The van der Waals surface area contributed by atoms with Crippen LogP contribution in [0.1, 0.15) is 17.0 Å². The van der Waals surface area contributed by atoms with E-state index in [-0.39, 0.29) is 18.7 Å². The van der Waals surface area contributed by atoms with Crippen LogP contribution in [-0.2, 0) is 25.6 Å². The molecular weight excluding hydrogens is 283 g/mol. The van der Waals surface area contributed by atoms with Crippen molar-refractivity contribution >= 4 is 0 Å². The van der Waals surface area contributed by atoms with E-state index >= 15 is 0 Å². The maximum Gasteiger partial charge on any atom is 0.434 e. The highest BCUT2D eigenvalue weighted by Crippen LogP contribution is 2.31. The van der Waals surface area contributed by atoms with Crippen LogP contribution in [0.2, 0.25) is 0 Å². The molecule has 0 saturated carbocycles. The number of aromatic nitrogens is 3. The third-order valence-electron chi connectivity index (χ3n) is 3.08. The Hall–Kier alpha value is -2.05. The van der Waals surface area contributed by atoms with Gasteiger partial charge in [0.2, 0.25) is 0 Å². The Bertz CT molecular complexity index is 591. The van der Waals surface area contributed by atoms with Crippen molar-refractivity contribution in [3.05, 3.63) is 48.1 Å². The Labute approximate surface area is 120 Å². The Morgan fingerprint density at radius 1 is 1.24 bits per heavy atom. The van der Waals surface area contributed by atoms with Gasteiger partial charge in [-0.05, 0) is 37.5 Å². The van der Waals surface area contributed by atoms with Crippen molar-refractivity contribution < 1.29 is 17.9 Å². The lowest BCUT2D eigenvalue weighted by atomic mass is 10.1. The van der Waals surface area contributed by atoms with Crippen molar-refractivity contribution in [3.8, 4) is 5.75 Å². The lowest BCUT2D eigenvalue weighted by Gasteiger charge is -2.11. The van der Waals surface area contributed by atoms with E-state index in [1.165, 1.54) is 0 Å². The SMILES string of the molecule is [CH2]Cc1nnn(CCc2ccc(OC)cc2)c1C(F)(F)F. The summed E-state index contributed by atoms with van der Waals surface area (Å²) >= 11 is 0. The number of alkyl halides is 3. The van der Waals surface area contributed by atoms with Gasteiger partial charge in [-0.15, -0.1) is 5.10 Å². The second-order valence-electron chi connectivity index (χ2n) is 4.45. The molecule has 0 aliphatic carbocycles. The number of hydrogen-bond acceptors (Lipinski definition) is 3. The van der Waals surface area contributed by atoms with E-state index in [2.05, 4.69) is 17.2 Å². The molecular formula is C14H15F3N3O. The highest BCUT2D eigenvalue weighted by molar-refractivity contribution is 5.27. The molecule has 1 heterocycles. The average molecular weight is 298 g/mol. The predicted molar refractivity (Wildman–Crippen MR) is 70.8 cm³/mol. The molecule has 0 amide bonds. The quantitative estimate of drug-likeness (QED) is 0.852. The van der Waals surface area contributed by atoms with Gasteiger partial charge < -0.3 is 4.74 Å². The fourth-order valence-electron chi connectivity index (χ4n) is 2.01. The Balaban J connectivity index is 2.14. The molecule has 0 bridgehead atoms. The smallest absolute Gasteiger partial charge is 0.434 e. The monoisotopic (exact) mass is 298 g/mol. The molecule has 0 spiro atoms. The molecule has 0 atom stereocenters. The molecule has 4 nitrogen and oxygen atoms in total. The fraction of sp³-hybridized carbons (Fsp3) is 0.357. The summed E-state index contributed by atoms with van der Waals surface area (Å²) in [5.41, 5.74) is -0.0427. The molecule has 7 heteroatoms. The minimum Gasteiger partial charge on any atom is -0.497 e. The molecule has 2 aromatic rings. The number of nitrogens with zero attached hydrogens (tertiary/aromatic N) is 3. The molecule has 0 unspecified atom stereocenters. The van der Waals surface area contributed by atoms with Crippen LogP contribution in [-0.4, -0.2) is 22.1 Å². The number of benzene rings is 1. The van der Waals surface area contributed by atoms with Crippen LogP contribution in [0.4, 0.5) is 13.2 Å². The van der Waals surface area contributed by atoms with E-state index in [0.717, 1.165) is 10.2 Å². The highest BCUT2D eigenvalue weighted by atomic mass is 19.4. The maximum atomic E-state index is 13.0. The first-order valence-electron chi connectivity index (χ1n) is 6.37. The van der Waals surface area contributed by atoms with E-state index in [1.54, 1.807) is 19.2 Å². The van der Waals surface area contributed by atoms with Crippen LogP contribution < -0.4 is 4.74 Å². The number of methoxy groups -OCH3 is 1. The van der Waals surface area contributed by atoms with Gasteiger partial charge in [0.1, 0.15) is 5.75 Å². The van der Waals surface area contributed by atoms with Crippen LogP contribution in [0.15, 0.2) is 24.3 Å². The Kier molecular flexibility index (Phi) is 4.50. The van der Waals surface area contributed by atoms with Crippen molar-refractivity contribution in [2.45, 2.75) is 25.6 Å². The number of aryl methyl sites for hydroxylation is 2. The predicted octanol–water partition coefficient (Wildman–Crippen LogP) is 2.92. The summed E-state index contributed by atoms with van der Waals surface area (Å²) in [6, 6.07) is 7.15. The lowest BCUT2D eigenvalue weighted by Crippen LogP contribution is -2.17. The minimum absolute atomic E-state index is 0.0443. The molecule has 0 aliphatic heterocycles. The second kappa shape index (κ2) is 6.15. The molecule has 21 heavy (non-hydrogen) atoms. The molecule has 0 N–H and O–H groups in total. The van der Waals surface area contributed by atoms with E-state index in [4.69, 9.17) is 4.74 Å². The molecule has 1 radical (unpaired) electrons. The third-order valence-corrected chi connectivity index (χ3v) is 3.08. The summed E-state index contributed by atoms with van der Waals surface area (Å²) in [5.74, 6) is 0.704. The molecule has 0 saturated heterocycles. The summed E-state index contributed by atoms with van der Waals surface area (Å²) in [6.07, 6.45) is -4.10. The van der Waals surface area contributed by atoms with Crippen LogP contribution in [0.3, 0.4) is 0 Å². The van der Waals surface area contributed by atoms with Crippen LogP contribution >= 0.6 is 0 Å². The first-order chi connectivity index (χ1) is 9.95. The zero-order valence-corrected chi connectivity index (χ0v) is 11.5. The minimum atomic E-state index is -4.48. The molecule has 113 valence electrons. The normalized spacial score (nSPS) is 11.7. The van der Waals surface area contributed by atoms with Crippen LogP contribution in [0.25, 0.3) is 0 Å². The van der Waals surface area contributed by atoms with Crippen LogP contribution in [0, 0.1) is 6.92 Å². The van der Waals surface area contributed by atoms with Gasteiger partial charge >= 0.3 is 6.18 Å². The van der Waals surface area contributed by atoms with E-state index < -0.39 is 11.9 Å². The summed E-state index contributed by atoms with van der Waals surface area (Å²) in [7, 11) is 1.56. The zero-order chi connectivity index (χ0) is 15.5. The standard InChI is InChI=1S/C14H15F3N3O/c1-3-12-13(14(15,16)17)20(19-18-12)9-8-10-4-6-11(21-2)7-5-10/h4-7H,1,3,8-9H2,2H3. The lowest BCUT2D eigenvalue weighted by molar-refractivity contribution is -0.144. The van der Waals surface area contributed by atoms with Crippen molar-refractivity contribution in [3.63, 3.8) is 0 Å². The summed E-state index contributed by atoms with van der Waals surface area (Å²) in [5, 5.41) is 7.14. The Morgan fingerprint density at radius 3 is 2.43 bits per heavy atom. The van der Waals surface area contributed by atoms with Crippen molar-refractivity contribution in [1.82, 2.24) is 15.0 Å². The van der Waals surface area contributed by atoms with Gasteiger partial charge in [0.15, 0.2) is 5.69 Å². The van der Waals surface area contributed by atoms with Crippen molar-refractivity contribution in [2.24, 2.45) is 0 Å². The van der Waals surface area contributed by atoms with Gasteiger partial charge in [-0.2, -0.15) is 13.2 Å². The van der Waals surface area contributed by atoms with Crippen molar-refractivity contribution in [1.29, 1.82) is 0 Å². The number of halogens is 3. The van der Waals surface area contributed by atoms with Gasteiger partial charge in [0.05, 0.1) is 12.8 Å². The Morgan fingerprint density at radius 2 is 1.90 bits per heavy atom.